The van der Waals surface area contributed by atoms with Gasteiger partial charge in [-0.2, -0.15) is 4.31 Å². The van der Waals surface area contributed by atoms with Gasteiger partial charge >= 0.3 is 0 Å². The van der Waals surface area contributed by atoms with Gasteiger partial charge in [0.25, 0.3) is 10.0 Å². The van der Waals surface area contributed by atoms with Gasteiger partial charge in [-0.3, -0.25) is 4.79 Å². The van der Waals surface area contributed by atoms with Gasteiger partial charge in [-0.15, -0.1) is 11.3 Å². The molecule has 1 aromatic heterocycles. The number of nitrogens with zero attached hydrogens (tertiary/aromatic N) is 1. The number of hydrogen-bond acceptors (Lipinski definition) is 4. The molecule has 7 heteroatoms. The van der Waals surface area contributed by atoms with Gasteiger partial charge in [0.15, 0.2) is 0 Å². The van der Waals surface area contributed by atoms with Gasteiger partial charge in [0, 0.05) is 26.1 Å². The highest BCUT2D eigenvalue weighted by Crippen LogP contribution is 2.39. The molecule has 1 spiro atoms. The van der Waals surface area contributed by atoms with E-state index in [1.54, 1.807) is 4.31 Å². The second-order valence-electron chi connectivity index (χ2n) is 6.07. The van der Waals surface area contributed by atoms with Crippen molar-refractivity contribution < 1.29 is 13.2 Å². The zero-order valence-corrected chi connectivity index (χ0v) is 13.7. The van der Waals surface area contributed by atoms with Gasteiger partial charge < -0.3 is 5.32 Å². The summed E-state index contributed by atoms with van der Waals surface area (Å²) in [6, 6.07) is 1.85. The molecule has 1 aromatic rings. The maximum Gasteiger partial charge on any atom is 0.252 e. The second-order valence-corrected chi connectivity index (χ2v) is 9.12. The van der Waals surface area contributed by atoms with E-state index in [4.69, 9.17) is 0 Å². The van der Waals surface area contributed by atoms with E-state index in [-0.39, 0.29) is 11.3 Å². The van der Waals surface area contributed by atoms with Crippen molar-refractivity contribution in [3.63, 3.8) is 0 Å². The Kier molecular flexibility index (Phi) is 3.83. The lowest BCUT2D eigenvalue weighted by molar-refractivity contribution is -0.124. The molecular formula is C14H20N2O3S2. The van der Waals surface area contributed by atoms with Crippen molar-refractivity contribution >= 4 is 27.3 Å². The van der Waals surface area contributed by atoms with Crippen molar-refractivity contribution in [1.29, 1.82) is 0 Å². The van der Waals surface area contributed by atoms with Gasteiger partial charge in [-0.1, -0.05) is 0 Å². The van der Waals surface area contributed by atoms with Crippen molar-refractivity contribution in [3.8, 4) is 0 Å². The lowest BCUT2D eigenvalue weighted by Gasteiger charge is -2.43. The average Bonchev–Trinajstić information content (AvgIpc) is 2.90. The number of piperidine rings is 2. The fourth-order valence-electron chi connectivity index (χ4n) is 3.21. The van der Waals surface area contributed by atoms with Crippen LogP contribution in [-0.4, -0.2) is 38.3 Å². The van der Waals surface area contributed by atoms with E-state index in [1.807, 2.05) is 18.4 Å². The first-order valence-corrected chi connectivity index (χ1v) is 9.56. The first kappa shape index (κ1) is 15.0. The fourth-order valence-corrected chi connectivity index (χ4v) is 6.20. The molecule has 5 nitrogen and oxygen atoms in total. The summed E-state index contributed by atoms with van der Waals surface area (Å²) in [5, 5.41) is 4.75. The molecule has 21 heavy (non-hydrogen) atoms. The highest BCUT2D eigenvalue weighted by atomic mass is 32.2. The molecule has 116 valence electrons. The molecule has 0 atom stereocenters. The molecule has 0 radical (unpaired) electrons. The van der Waals surface area contributed by atoms with Crippen LogP contribution in [0.15, 0.2) is 15.7 Å². The average molecular weight is 328 g/mol. The van der Waals surface area contributed by atoms with Crippen LogP contribution in [0.4, 0.5) is 0 Å². The molecule has 2 aliphatic rings. The molecule has 0 bridgehead atoms. The van der Waals surface area contributed by atoms with E-state index in [0.29, 0.717) is 30.3 Å². The van der Waals surface area contributed by atoms with E-state index < -0.39 is 10.0 Å². The Morgan fingerprint density at radius 1 is 1.29 bits per heavy atom. The standard InChI is InChI=1S/C14H20N2O3S2/c1-11-3-9-20-13(11)21(18,19)16-7-5-14(6-8-16)4-2-12(17)15-10-14/h3,9H,2,4-8,10H2,1H3,(H,15,17). The predicted molar refractivity (Wildman–Crippen MR) is 81.7 cm³/mol. The fraction of sp³-hybridized carbons (Fsp3) is 0.643. The summed E-state index contributed by atoms with van der Waals surface area (Å²) < 4.78 is 27.4. The summed E-state index contributed by atoms with van der Waals surface area (Å²) in [7, 11) is -3.35. The van der Waals surface area contributed by atoms with Crippen LogP contribution < -0.4 is 5.32 Å². The molecule has 1 N–H and O–H groups in total. The number of aryl methyl sites for hydroxylation is 1. The molecule has 0 saturated carbocycles. The number of carbonyl (C=O) groups is 1. The van der Waals surface area contributed by atoms with Crippen LogP contribution in [0, 0.1) is 12.3 Å². The van der Waals surface area contributed by atoms with Crippen molar-refractivity contribution in [2.45, 2.75) is 36.8 Å². The highest BCUT2D eigenvalue weighted by molar-refractivity contribution is 7.91. The van der Waals surface area contributed by atoms with Crippen LogP contribution in [-0.2, 0) is 14.8 Å². The van der Waals surface area contributed by atoms with E-state index >= 15 is 0 Å². The van der Waals surface area contributed by atoms with Crippen LogP contribution in [0.1, 0.15) is 31.2 Å². The minimum atomic E-state index is -3.35. The third-order valence-electron chi connectivity index (χ3n) is 4.72. The number of thiophene rings is 1. The Morgan fingerprint density at radius 2 is 2.00 bits per heavy atom. The summed E-state index contributed by atoms with van der Waals surface area (Å²) in [6.07, 6.45) is 3.11. The van der Waals surface area contributed by atoms with Gasteiger partial charge in [0.2, 0.25) is 5.91 Å². The second kappa shape index (κ2) is 5.37. The summed E-state index contributed by atoms with van der Waals surface area (Å²) in [5.74, 6) is 0.116. The summed E-state index contributed by atoms with van der Waals surface area (Å²) in [5.41, 5.74) is 0.926. The van der Waals surface area contributed by atoms with Crippen molar-refractivity contribution in [2.75, 3.05) is 19.6 Å². The molecule has 0 aliphatic carbocycles. The number of rotatable bonds is 2. The van der Waals surface area contributed by atoms with Gasteiger partial charge in [-0.25, -0.2) is 8.42 Å². The zero-order chi connectivity index (χ0) is 15.1. The molecular weight excluding hydrogens is 308 g/mol. The predicted octanol–water partition coefficient (Wildman–Crippen LogP) is 1.74. The number of amides is 1. The number of hydrogen-bond donors (Lipinski definition) is 1. The number of carbonyl (C=O) groups excluding carboxylic acids is 1. The highest BCUT2D eigenvalue weighted by Gasteiger charge is 2.41. The van der Waals surface area contributed by atoms with Crippen LogP contribution >= 0.6 is 11.3 Å². The topological polar surface area (TPSA) is 66.5 Å². The van der Waals surface area contributed by atoms with Gasteiger partial charge in [-0.05, 0) is 48.6 Å². The molecule has 0 unspecified atom stereocenters. The minimum absolute atomic E-state index is 0.102. The summed E-state index contributed by atoms with van der Waals surface area (Å²) >= 11 is 1.29. The summed E-state index contributed by atoms with van der Waals surface area (Å²) in [4.78, 5) is 11.3. The van der Waals surface area contributed by atoms with Gasteiger partial charge in [0.05, 0.1) is 0 Å². The maximum absolute atomic E-state index is 12.7. The zero-order valence-electron chi connectivity index (χ0n) is 12.1. The molecule has 2 aliphatic heterocycles. The smallest absolute Gasteiger partial charge is 0.252 e. The molecule has 0 aromatic carbocycles. The van der Waals surface area contributed by atoms with E-state index in [0.717, 1.165) is 24.8 Å². The molecule has 2 saturated heterocycles. The van der Waals surface area contributed by atoms with Crippen molar-refractivity contribution in [1.82, 2.24) is 9.62 Å². The van der Waals surface area contributed by atoms with Crippen molar-refractivity contribution in [3.05, 3.63) is 17.0 Å². The van der Waals surface area contributed by atoms with E-state index in [2.05, 4.69) is 5.32 Å². The van der Waals surface area contributed by atoms with Gasteiger partial charge in [0.1, 0.15) is 4.21 Å². The quantitative estimate of drug-likeness (QED) is 0.899. The Labute approximate surface area is 129 Å². The largest absolute Gasteiger partial charge is 0.356 e. The Hall–Kier alpha value is -0.920. The molecule has 3 heterocycles. The van der Waals surface area contributed by atoms with Crippen molar-refractivity contribution in [2.24, 2.45) is 5.41 Å². The number of nitrogens with one attached hydrogen (secondary N) is 1. The van der Waals surface area contributed by atoms with E-state index in [1.165, 1.54) is 11.3 Å². The molecule has 1 amide bonds. The Morgan fingerprint density at radius 3 is 2.52 bits per heavy atom. The SMILES string of the molecule is Cc1ccsc1S(=O)(=O)N1CCC2(CCC(=O)NC2)CC1. The third kappa shape index (κ3) is 2.74. The minimum Gasteiger partial charge on any atom is -0.356 e. The number of sulfonamides is 1. The van der Waals surface area contributed by atoms with Crippen LogP contribution in [0.2, 0.25) is 0 Å². The molecule has 3 rings (SSSR count). The van der Waals surface area contributed by atoms with Crippen LogP contribution in [0.3, 0.4) is 0 Å². The van der Waals surface area contributed by atoms with Crippen LogP contribution in [0.25, 0.3) is 0 Å². The summed E-state index contributed by atoms with van der Waals surface area (Å²) in [6.45, 7) is 3.63. The Bertz CT molecular complexity index is 631. The molecule has 2 fully saturated rings. The van der Waals surface area contributed by atoms with E-state index in [9.17, 15) is 13.2 Å². The first-order chi connectivity index (χ1) is 9.93. The first-order valence-electron chi connectivity index (χ1n) is 7.24. The van der Waals surface area contributed by atoms with Crippen LogP contribution in [0.5, 0.6) is 0 Å². The normalized spacial score (nSPS) is 23.2. The monoisotopic (exact) mass is 328 g/mol. The third-order valence-corrected chi connectivity index (χ3v) is 8.28. The lowest BCUT2D eigenvalue weighted by atomic mass is 9.73. The Balaban J connectivity index is 1.71. The maximum atomic E-state index is 12.7. The lowest BCUT2D eigenvalue weighted by Crippen LogP contribution is -2.50.